The molecule has 9 nitrogen and oxygen atoms in total. The molecule has 9 heteroatoms. The molecular formula is C22H21N3O6. The van der Waals surface area contributed by atoms with E-state index in [0.717, 1.165) is 4.90 Å². The largest absolute Gasteiger partial charge is 0.496 e. The van der Waals surface area contributed by atoms with Gasteiger partial charge in [-0.15, -0.1) is 0 Å². The highest BCUT2D eigenvalue weighted by Gasteiger charge is 2.35. The fourth-order valence-corrected chi connectivity index (χ4v) is 2.90. The highest BCUT2D eigenvalue weighted by atomic mass is 16.5. The van der Waals surface area contributed by atoms with Gasteiger partial charge >= 0.3 is 12.0 Å². The van der Waals surface area contributed by atoms with Gasteiger partial charge in [0.2, 0.25) is 5.91 Å². The lowest BCUT2D eigenvalue weighted by Crippen LogP contribution is -2.38. The second-order valence-electron chi connectivity index (χ2n) is 6.47. The van der Waals surface area contributed by atoms with Crippen molar-refractivity contribution in [2.45, 2.75) is 6.92 Å². The summed E-state index contributed by atoms with van der Waals surface area (Å²) in [4.78, 5) is 49.6. The Labute approximate surface area is 178 Å². The number of imide groups is 1. The number of anilines is 1. The van der Waals surface area contributed by atoms with Gasteiger partial charge in [0, 0.05) is 11.3 Å². The van der Waals surface area contributed by atoms with Crippen molar-refractivity contribution in [2.75, 3.05) is 25.6 Å². The van der Waals surface area contributed by atoms with Crippen molar-refractivity contribution < 1.29 is 28.7 Å². The molecule has 0 spiro atoms. The van der Waals surface area contributed by atoms with Gasteiger partial charge in [0.25, 0.3) is 5.91 Å². The summed E-state index contributed by atoms with van der Waals surface area (Å²) in [6, 6.07) is 12.4. The Kier molecular flexibility index (Phi) is 6.66. The van der Waals surface area contributed by atoms with Gasteiger partial charge in [0.15, 0.2) is 0 Å². The second-order valence-corrected chi connectivity index (χ2v) is 6.47. The van der Waals surface area contributed by atoms with Crippen LogP contribution in [0.5, 0.6) is 5.75 Å². The van der Waals surface area contributed by atoms with Gasteiger partial charge in [0.05, 0.1) is 19.3 Å². The molecule has 160 valence electrons. The van der Waals surface area contributed by atoms with Gasteiger partial charge < -0.3 is 20.1 Å². The molecule has 0 saturated carbocycles. The average Bonchev–Trinajstić information content (AvgIpc) is 3.02. The van der Waals surface area contributed by atoms with Crippen LogP contribution in [0.15, 0.2) is 54.2 Å². The van der Waals surface area contributed by atoms with E-state index in [9.17, 15) is 19.2 Å². The van der Waals surface area contributed by atoms with Crippen molar-refractivity contribution in [2.24, 2.45) is 0 Å². The Morgan fingerprint density at radius 1 is 1.10 bits per heavy atom. The van der Waals surface area contributed by atoms with Crippen LogP contribution in [0.1, 0.15) is 22.8 Å². The molecule has 0 aromatic heterocycles. The maximum absolute atomic E-state index is 12.6. The highest BCUT2D eigenvalue weighted by molar-refractivity contribution is 6.16. The molecule has 0 radical (unpaired) electrons. The van der Waals surface area contributed by atoms with Crippen LogP contribution in [0.25, 0.3) is 6.08 Å². The third kappa shape index (κ3) is 5.08. The number of nitrogens with zero attached hydrogens (tertiary/aromatic N) is 1. The minimum Gasteiger partial charge on any atom is -0.496 e. The van der Waals surface area contributed by atoms with Crippen molar-refractivity contribution in [3.63, 3.8) is 0 Å². The first-order valence-corrected chi connectivity index (χ1v) is 9.47. The van der Waals surface area contributed by atoms with Crippen molar-refractivity contribution in [1.29, 1.82) is 0 Å². The van der Waals surface area contributed by atoms with Crippen LogP contribution in [0.3, 0.4) is 0 Å². The minimum atomic E-state index is -0.695. The first kappa shape index (κ1) is 21.6. The zero-order chi connectivity index (χ0) is 22.4. The summed E-state index contributed by atoms with van der Waals surface area (Å²) in [5, 5.41) is 5.05. The molecule has 2 N–H and O–H groups in total. The molecule has 1 aliphatic heterocycles. The first-order chi connectivity index (χ1) is 14.9. The van der Waals surface area contributed by atoms with E-state index >= 15 is 0 Å². The van der Waals surface area contributed by atoms with Crippen LogP contribution in [0, 0.1) is 0 Å². The average molecular weight is 423 g/mol. The maximum Gasteiger partial charge on any atom is 0.338 e. The molecule has 2 aromatic rings. The fourth-order valence-electron chi connectivity index (χ4n) is 2.90. The topological polar surface area (TPSA) is 114 Å². The van der Waals surface area contributed by atoms with E-state index in [4.69, 9.17) is 9.47 Å². The van der Waals surface area contributed by atoms with Crippen LogP contribution in [0.2, 0.25) is 0 Å². The summed E-state index contributed by atoms with van der Waals surface area (Å²) in [5.74, 6) is -1.11. The summed E-state index contributed by atoms with van der Waals surface area (Å²) >= 11 is 0. The van der Waals surface area contributed by atoms with Crippen molar-refractivity contribution in [3.8, 4) is 5.75 Å². The van der Waals surface area contributed by atoms with E-state index in [1.54, 1.807) is 31.2 Å². The number of hydrogen-bond donors (Lipinski definition) is 2. The van der Waals surface area contributed by atoms with Crippen LogP contribution in [0.4, 0.5) is 10.5 Å². The number of urea groups is 1. The number of amides is 4. The number of ether oxygens (including phenoxy) is 2. The molecular weight excluding hydrogens is 402 g/mol. The Morgan fingerprint density at radius 2 is 1.81 bits per heavy atom. The van der Waals surface area contributed by atoms with Crippen LogP contribution < -0.4 is 15.4 Å². The number of para-hydroxylation sites is 1. The van der Waals surface area contributed by atoms with E-state index < -0.39 is 30.4 Å². The van der Waals surface area contributed by atoms with Crippen LogP contribution >= 0.6 is 0 Å². The standard InChI is InChI=1S/C22H21N3O6/c1-3-31-21(28)14-8-10-16(11-9-14)23-19(26)13-25-20(27)17(24-22(25)29)12-15-6-4-5-7-18(15)30-2/h4-12H,3,13H2,1-2H3,(H,23,26)(H,24,29)/b17-12-. The lowest BCUT2D eigenvalue weighted by Gasteiger charge is -2.12. The molecule has 0 aliphatic carbocycles. The number of nitrogens with one attached hydrogen (secondary N) is 2. The minimum absolute atomic E-state index is 0.0427. The quantitative estimate of drug-likeness (QED) is 0.402. The zero-order valence-electron chi connectivity index (χ0n) is 17.0. The lowest BCUT2D eigenvalue weighted by molar-refractivity contribution is -0.127. The number of esters is 1. The van der Waals surface area contributed by atoms with Gasteiger partial charge in [-0.3, -0.25) is 9.59 Å². The Morgan fingerprint density at radius 3 is 2.48 bits per heavy atom. The zero-order valence-corrected chi connectivity index (χ0v) is 17.0. The monoisotopic (exact) mass is 423 g/mol. The number of hydrogen-bond acceptors (Lipinski definition) is 6. The first-order valence-electron chi connectivity index (χ1n) is 9.47. The Hall–Kier alpha value is -4.14. The number of benzene rings is 2. The number of methoxy groups -OCH3 is 1. The summed E-state index contributed by atoms with van der Waals surface area (Å²) < 4.78 is 10.1. The van der Waals surface area contributed by atoms with E-state index in [1.807, 2.05) is 0 Å². The van der Waals surface area contributed by atoms with Gasteiger partial charge in [-0.1, -0.05) is 18.2 Å². The second kappa shape index (κ2) is 9.57. The molecule has 4 amide bonds. The van der Waals surface area contributed by atoms with Crippen molar-refractivity contribution >= 4 is 35.6 Å². The molecule has 0 atom stereocenters. The summed E-state index contributed by atoms with van der Waals surface area (Å²) in [6.45, 7) is 1.50. The Balaban J connectivity index is 1.65. The molecule has 3 rings (SSSR count). The SMILES string of the molecule is CCOC(=O)c1ccc(NC(=O)CN2C(=O)N/C(=C\c3ccccc3OC)C2=O)cc1. The molecule has 1 fully saturated rings. The number of carbonyl (C=O) groups is 4. The smallest absolute Gasteiger partial charge is 0.338 e. The molecule has 31 heavy (non-hydrogen) atoms. The van der Waals surface area contributed by atoms with Gasteiger partial charge in [-0.25, -0.2) is 14.5 Å². The van der Waals surface area contributed by atoms with Gasteiger partial charge in [-0.2, -0.15) is 0 Å². The molecule has 1 aliphatic rings. The Bertz CT molecular complexity index is 1050. The molecule has 1 heterocycles. The van der Waals surface area contributed by atoms with Crippen molar-refractivity contribution in [3.05, 3.63) is 65.4 Å². The highest BCUT2D eigenvalue weighted by Crippen LogP contribution is 2.22. The summed E-state index contributed by atoms with van der Waals surface area (Å²) in [7, 11) is 1.50. The van der Waals surface area contributed by atoms with Crippen LogP contribution in [-0.2, 0) is 14.3 Å². The van der Waals surface area contributed by atoms with Gasteiger partial charge in [-0.05, 0) is 43.3 Å². The lowest BCUT2D eigenvalue weighted by atomic mass is 10.1. The van der Waals surface area contributed by atoms with Gasteiger partial charge in [0.1, 0.15) is 18.0 Å². The summed E-state index contributed by atoms with van der Waals surface area (Å²) in [6.07, 6.45) is 1.49. The summed E-state index contributed by atoms with van der Waals surface area (Å²) in [5.41, 5.74) is 1.41. The van der Waals surface area contributed by atoms with E-state index in [2.05, 4.69) is 10.6 Å². The third-order valence-electron chi connectivity index (χ3n) is 4.38. The predicted octanol–water partition coefficient (Wildman–Crippen LogP) is 2.40. The maximum atomic E-state index is 12.6. The molecule has 1 saturated heterocycles. The number of rotatable bonds is 7. The predicted molar refractivity (Wildman–Crippen MR) is 112 cm³/mol. The van der Waals surface area contributed by atoms with E-state index in [-0.39, 0.29) is 12.3 Å². The van der Waals surface area contributed by atoms with Crippen LogP contribution in [-0.4, -0.2) is 49.0 Å². The molecule has 0 unspecified atom stereocenters. The van der Waals surface area contributed by atoms with E-state index in [1.165, 1.54) is 37.5 Å². The van der Waals surface area contributed by atoms with E-state index in [0.29, 0.717) is 22.6 Å². The molecule has 0 bridgehead atoms. The number of carbonyl (C=O) groups excluding carboxylic acids is 4. The van der Waals surface area contributed by atoms with Crippen molar-refractivity contribution in [1.82, 2.24) is 10.2 Å². The normalized spacial score (nSPS) is 14.4. The molecule has 2 aromatic carbocycles. The third-order valence-corrected chi connectivity index (χ3v) is 4.38. The fraction of sp³-hybridized carbons (Fsp3) is 0.182.